The van der Waals surface area contributed by atoms with E-state index in [0.29, 0.717) is 18.3 Å². The standard InChI is InChI=1S/C26H30ClN5O2S/c1-15-19(7-10-24(28)31-15)14-30-25(33)16(2)32-26(34)21-12-17(13-29-21)11-18-5-3-4-6-20(18)22-8-9-23(27)35-22/h3-10,16-17,21,29H,11-14H2,1-2H3,(H2,28,31)(H,30,33)(H,32,34)/t16-,17-,21+/m0/s1. The van der Waals surface area contributed by atoms with Gasteiger partial charge >= 0.3 is 0 Å². The molecular weight excluding hydrogens is 482 g/mol. The predicted molar refractivity (Wildman–Crippen MR) is 141 cm³/mol. The number of aromatic nitrogens is 1. The quantitative estimate of drug-likeness (QED) is 0.369. The highest BCUT2D eigenvalue weighted by Crippen LogP contribution is 2.34. The zero-order chi connectivity index (χ0) is 24.9. The minimum Gasteiger partial charge on any atom is -0.384 e. The normalized spacial score (nSPS) is 18.3. The van der Waals surface area contributed by atoms with E-state index >= 15 is 0 Å². The maximum atomic E-state index is 12.8. The van der Waals surface area contributed by atoms with Crippen molar-refractivity contribution in [3.8, 4) is 10.4 Å². The Bertz CT molecular complexity index is 1210. The molecule has 3 aromatic rings. The third-order valence-electron chi connectivity index (χ3n) is 6.32. The number of anilines is 1. The Hall–Kier alpha value is -2.94. The number of nitrogen functional groups attached to an aromatic ring is 1. The largest absolute Gasteiger partial charge is 0.384 e. The molecule has 0 spiro atoms. The molecule has 2 amide bonds. The van der Waals surface area contributed by atoms with Gasteiger partial charge in [-0.05, 0) is 74.0 Å². The van der Waals surface area contributed by atoms with Crippen LogP contribution in [0, 0.1) is 12.8 Å². The second kappa shape index (κ2) is 11.2. The Morgan fingerprint density at radius 1 is 1.20 bits per heavy atom. The van der Waals surface area contributed by atoms with Crippen LogP contribution in [0.15, 0.2) is 48.5 Å². The van der Waals surface area contributed by atoms with E-state index in [9.17, 15) is 9.59 Å². The molecule has 3 heterocycles. The van der Waals surface area contributed by atoms with Crippen LogP contribution in [0.4, 0.5) is 5.82 Å². The van der Waals surface area contributed by atoms with Crippen LogP contribution in [0.1, 0.15) is 30.2 Å². The van der Waals surface area contributed by atoms with Gasteiger partial charge in [-0.1, -0.05) is 41.9 Å². The van der Waals surface area contributed by atoms with Gasteiger partial charge in [0, 0.05) is 17.1 Å². The molecule has 1 aromatic carbocycles. The second-order valence-electron chi connectivity index (χ2n) is 8.96. The molecule has 3 atom stereocenters. The first-order valence-corrected chi connectivity index (χ1v) is 12.9. The Labute approximate surface area is 214 Å². The number of rotatable bonds is 8. The lowest BCUT2D eigenvalue weighted by Crippen LogP contribution is -2.50. The van der Waals surface area contributed by atoms with Crippen LogP contribution in [0.3, 0.4) is 0 Å². The zero-order valence-corrected chi connectivity index (χ0v) is 21.4. The van der Waals surface area contributed by atoms with Crippen molar-refractivity contribution in [1.29, 1.82) is 0 Å². The molecule has 7 nitrogen and oxygen atoms in total. The van der Waals surface area contributed by atoms with Crippen molar-refractivity contribution in [3.05, 3.63) is 69.7 Å². The number of carbonyl (C=O) groups is 2. The van der Waals surface area contributed by atoms with Gasteiger partial charge in [0.1, 0.15) is 11.9 Å². The average molecular weight is 512 g/mol. The van der Waals surface area contributed by atoms with Crippen molar-refractivity contribution in [2.45, 2.75) is 45.3 Å². The number of hydrogen-bond donors (Lipinski definition) is 4. The molecule has 0 unspecified atom stereocenters. The summed E-state index contributed by atoms with van der Waals surface area (Å²) in [5.41, 5.74) is 9.77. The Balaban J connectivity index is 1.28. The fourth-order valence-corrected chi connectivity index (χ4v) is 5.49. The highest BCUT2D eigenvalue weighted by molar-refractivity contribution is 7.19. The number of halogens is 1. The van der Waals surface area contributed by atoms with Gasteiger partial charge in [0.15, 0.2) is 0 Å². The van der Waals surface area contributed by atoms with E-state index < -0.39 is 6.04 Å². The summed E-state index contributed by atoms with van der Waals surface area (Å²) in [7, 11) is 0. The van der Waals surface area contributed by atoms with Crippen LogP contribution in [0.2, 0.25) is 4.34 Å². The van der Waals surface area contributed by atoms with Crippen LogP contribution in [-0.4, -0.2) is 35.4 Å². The number of nitrogens with one attached hydrogen (secondary N) is 3. The molecule has 5 N–H and O–H groups in total. The van der Waals surface area contributed by atoms with Gasteiger partial charge < -0.3 is 21.7 Å². The molecule has 9 heteroatoms. The maximum absolute atomic E-state index is 12.8. The Morgan fingerprint density at radius 2 is 2.00 bits per heavy atom. The topological polar surface area (TPSA) is 109 Å². The predicted octanol–water partition coefficient (Wildman–Crippen LogP) is 3.70. The molecule has 2 aromatic heterocycles. The van der Waals surface area contributed by atoms with E-state index in [1.165, 1.54) is 11.1 Å². The minimum absolute atomic E-state index is 0.154. The summed E-state index contributed by atoms with van der Waals surface area (Å²) in [6, 6.07) is 14.9. The summed E-state index contributed by atoms with van der Waals surface area (Å²) in [4.78, 5) is 30.7. The molecule has 0 aliphatic carbocycles. The van der Waals surface area contributed by atoms with Crippen LogP contribution in [0.5, 0.6) is 0 Å². The minimum atomic E-state index is -0.644. The number of nitrogens with two attached hydrogens (primary N) is 1. The fraction of sp³-hybridized carbons (Fsp3) is 0.346. The monoisotopic (exact) mass is 511 g/mol. The van der Waals surface area contributed by atoms with E-state index in [1.807, 2.05) is 37.3 Å². The van der Waals surface area contributed by atoms with Gasteiger partial charge in [-0.3, -0.25) is 9.59 Å². The molecule has 35 heavy (non-hydrogen) atoms. The van der Waals surface area contributed by atoms with E-state index in [1.54, 1.807) is 24.3 Å². The molecule has 0 bridgehead atoms. The van der Waals surface area contributed by atoms with E-state index in [-0.39, 0.29) is 17.9 Å². The molecule has 4 rings (SSSR count). The third-order valence-corrected chi connectivity index (χ3v) is 7.59. The van der Waals surface area contributed by atoms with Crippen LogP contribution in [-0.2, 0) is 22.6 Å². The first-order valence-electron chi connectivity index (χ1n) is 11.7. The molecule has 0 radical (unpaired) electrons. The van der Waals surface area contributed by atoms with Crippen LogP contribution in [0.25, 0.3) is 10.4 Å². The third kappa shape index (κ3) is 6.39. The van der Waals surface area contributed by atoms with E-state index in [4.69, 9.17) is 17.3 Å². The van der Waals surface area contributed by atoms with Gasteiger partial charge in [0.25, 0.3) is 0 Å². The van der Waals surface area contributed by atoms with Crippen molar-refractivity contribution < 1.29 is 9.59 Å². The highest BCUT2D eigenvalue weighted by Gasteiger charge is 2.31. The number of benzene rings is 1. The summed E-state index contributed by atoms with van der Waals surface area (Å²) in [5.74, 6) is 0.374. The Morgan fingerprint density at radius 3 is 2.74 bits per heavy atom. The summed E-state index contributed by atoms with van der Waals surface area (Å²) < 4.78 is 0.771. The van der Waals surface area contributed by atoms with Gasteiger partial charge in [0.2, 0.25) is 11.8 Å². The molecule has 1 aliphatic rings. The number of thiophene rings is 1. The number of amides is 2. The zero-order valence-electron chi connectivity index (χ0n) is 19.8. The lowest BCUT2D eigenvalue weighted by Gasteiger charge is -2.18. The molecule has 1 aliphatic heterocycles. The van der Waals surface area contributed by atoms with Gasteiger partial charge in [0.05, 0.1) is 10.4 Å². The fourth-order valence-electron chi connectivity index (χ4n) is 4.38. The maximum Gasteiger partial charge on any atom is 0.242 e. The Kier molecular flexibility index (Phi) is 8.05. The first-order chi connectivity index (χ1) is 16.8. The number of hydrogen-bond acceptors (Lipinski definition) is 6. The summed E-state index contributed by atoms with van der Waals surface area (Å²) >= 11 is 7.71. The van der Waals surface area contributed by atoms with Crippen molar-refractivity contribution >= 4 is 40.6 Å². The number of carbonyl (C=O) groups excluding carboxylic acids is 2. The highest BCUT2D eigenvalue weighted by atomic mass is 35.5. The number of nitrogens with zero attached hydrogens (tertiary/aromatic N) is 1. The van der Waals surface area contributed by atoms with Gasteiger partial charge in [-0.15, -0.1) is 11.3 Å². The van der Waals surface area contributed by atoms with E-state index in [0.717, 1.165) is 39.9 Å². The smallest absolute Gasteiger partial charge is 0.242 e. The van der Waals surface area contributed by atoms with Crippen molar-refractivity contribution in [3.63, 3.8) is 0 Å². The second-order valence-corrected chi connectivity index (χ2v) is 10.7. The molecule has 0 saturated carbocycles. The van der Waals surface area contributed by atoms with Crippen molar-refractivity contribution in [2.75, 3.05) is 12.3 Å². The molecule has 1 fully saturated rings. The first kappa shape index (κ1) is 25.2. The number of aryl methyl sites for hydroxylation is 1. The van der Waals surface area contributed by atoms with Gasteiger partial charge in [-0.2, -0.15) is 0 Å². The van der Waals surface area contributed by atoms with Crippen molar-refractivity contribution in [1.82, 2.24) is 20.9 Å². The van der Waals surface area contributed by atoms with Gasteiger partial charge in [-0.25, -0.2) is 4.98 Å². The summed E-state index contributed by atoms with van der Waals surface area (Å²) in [5, 5.41) is 9.02. The summed E-state index contributed by atoms with van der Waals surface area (Å²) in [6.07, 6.45) is 1.59. The SMILES string of the molecule is Cc1nc(N)ccc1CNC(=O)[C@H](C)NC(=O)[C@H]1C[C@H](Cc2ccccc2-c2ccc(Cl)s2)CN1. The molecule has 184 valence electrons. The average Bonchev–Trinajstić information content (AvgIpc) is 3.48. The lowest BCUT2D eigenvalue weighted by molar-refractivity contribution is -0.129. The lowest BCUT2D eigenvalue weighted by atomic mass is 9.93. The molecular formula is C26H30ClN5O2S. The van der Waals surface area contributed by atoms with Crippen LogP contribution < -0.4 is 21.7 Å². The molecule has 1 saturated heterocycles. The van der Waals surface area contributed by atoms with Crippen LogP contribution >= 0.6 is 22.9 Å². The van der Waals surface area contributed by atoms with E-state index in [2.05, 4.69) is 33.1 Å². The van der Waals surface area contributed by atoms with Crippen molar-refractivity contribution in [2.24, 2.45) is 5.92 Å². The summed E-state index contributed by atoms with van der Waals surface area (Å²) in [6.45, 7) is 4.62. The number of pyridine rings is 1.